The van der Waals surface area contributed by atoms with Crippen LogP contribution >= 0.6 is 0 Å². The molecule has 0 aromatic heterocycles. The van der Waals surface area contributed by atoms with Gasteiger partial charge in [0.25, 0.3) is 5.91 Å². The van der Waals surface area contributed by atoms with Crippen LogP contribution < -0.4 is 15.1 Å². The van der Waals surface area contributed by atoms with Crippen LogP contribution in [0.25, 0.3) is 6.08 Å². The van der Waals surface area contributed by atoms with Gasteiger partial charge < -0.3 is 15.1 Å². The lowest BCUT2D eigenvalue weighted by Crippen LogP contribution is -3.30. The van der Waals surface area contributed by atoms with Crippen molar-refractivity contribution in [3.8, 4) is 0 Å². The van der Waals surface area contributed by atoms with Crippen LogP contribution in [0.2, 0.25) is 0 Å². The number of nitrogens with one attached hydrogen (secondary N) is 3. The molecule has 1 saturated heterocycles. The van der Waals surface area contributed by atoms with Crippen molar-refractivity contribution >= 4 is 12.0 Å². The second kappa shape index (κ2) is 10.2. The summed E-state index contributed by atoms with van der Waals surface area (Å²) in [5.41, 5.74) is 2.15. The molecule has 1 aliphatic rings. The average Bonchev–Trinajstić information content (AvgIpc) is 2.74. The van der Waals surface area contributed by atoms with Crippen LogP contribution in [0.3, 0.4) is 0 Å². The summed E-state index contributed by atoms with van der Waals surface area (Å²) >= 11 is 0. The second-order valence-corrected chi connectivity index (χ2v) is 7.49. The van der Waals surface area contributed by atoms with E-state index >= 15 is 0 Å². The molecule has 3 N–H and O–H groups in total. The Morgan fingerprint density at radius 1 is 1.07 bits per heavy atom. The van der Waals surface area contributed by atoms with Gasteiger partial charge in [0.15, 0.2) is 6.04 Å². The van der Waals surface area contributed by atoms with E-state index in [4.69, 9.17) is 0 Å². The summed E-state index contributed by atoms with van der Waals surface area (Å²) in [5, 5.41) is 2.98. The van der Waals surface area contributed by atoms with Gasteiger partial charge in [0.05, 0.1) is 6.54 Å². The van der Waals surface area contributed by atoms with Crippen LogP contribution in [0.15, 0.2) is 60.7 Å². The minimum Gasteiger partial charge on any atom is -0.347 e. The predicted molar refractivity (Wildman–Crippen MR) is 109 cm³/mol. The van der Waals surface area contributed by atoms with E-state index in [0.717, 1.165) is 38.3 Å². The van der Waals surface area contributed by atoms with Gasteiger partial charge in [-0.05, 0) is 36.3 Å². The lowest BCUT2D eigenvalue weighted by molar-refractivity contribution is -1.02. The van der Waals surface area contributed by atoms with Gasteiger partial charge in [-0.2, -0.15) is 0 Å². The minimum absolute atomic E-state index is 0.0618. The predicted octanol–water partition coefficient (Wildman–Crippen LogP) is 0.327. The van der Waals surface area contributed by atoms with E-state index in [2.05, 4.69) is 41.7 Å². The van der Waals surface area contributed by atoms with Gasteiger partial charge in [-0.1, -0.05) is 48.5 Å². The Bertz CT molecular complexity index is 768. The van der Waals surface area contributed by atoms with E-state index in [9.17, 15) is 9.18 Å². The summed E-state index contributed by atoms with van der Waals surface area (Å²) in [7, 11) is 0. The summed E-state index contributed by atoms with van der Waals surface area (Å²) in [6.07, 6.45) is 4.42. The van der Waals surface area contributed by atoms with Gasteiger partial charge in [-0.25, -0.2) is 4.39 Å². The van der Waals surface area contributed by atoms with E-state index in [1.165, 1.54) is 22.6 Å². The quantitative estimate of drug-likeness (QED) is 0.633. The first-order chi connectivity index (χ1) is 13.6. The maximum Gasteiger partial charge on any atom is 0.278 e. The molecule has 1 fully saturated rings. The molecule has 0 bridgehead atoms. The molecule has 1 atom stereocenters. The largest absolute Gasteiger partial charge is 0.347 e. The van der Waals surface area contributed by atoms with Crippen molar-refractivity contribution in [1.29, 1.82) is 0 Å². The van der Waals surface area contributed by atoms with E-state index in [1.807, 2.05) is 13.0 Å². The highest BCUT2D eigenvalue weighted by atomic mass is 19.1. The highest BCUT2D eigenvalue weighted by molar-refractivity contribution is 5.79. The maximum absolute atomic E-state index is 13.0. The minimum atomic E-state index is -0.258. The lowest BCUT2D eigenvalue weighted by atomic mass is 10.2. The maximum atomic E-state index is 13.0. The molecule has 1 amide bonds. The van der Waals surface area contributed by atoms with E-state index in [-0.39, 0.29) is 17.8 Å². The number of carbonyl (C=O) groups excluding carboxylic acids is 1. The molecular weight excluding hydrogens is 353 g/mol. The van der Waals surface area contributed by atoms with Crippen molar-refractivity contribution in [2.24, 2.45) is 0 Å². The summed E-state index contributed by atoms with van der Waals surface area (Å²) < 4.78 is 13.0. The van der Waals surface area contributed by atoms with Gasteiger partial charge in [0.1, 0.15) is 32.0 Å². The number of carbonyl (C=O) groups is 1. The highest BCUT2D eigenvalue weighted by Gasteiger charge is 2.30. The fourth-order valence-corrected chi connectivity index (χ4v) is 3.62. The third-order valence-electron chi connectivity index (χ3n) is 5.50. The van der Waals surface area contributed by atoms with Crippen molar-refractivity contribution in [3.05, 3.63) is 77.6 Å². The zero-order valence-electron chi connectivity index (χ0n) is 16.5. The van der Waals surface area contributed by atoms with Gasteiger partial charge in [0, 0.05) is 6.54 Å². The van der Waals surface area contributed by atoms with Gasteiger partial charge in [-0.15, -0.1) is 0 Å². The van der Waals surface area contributed by atoms with Crippen LogP contribution in [0, 0.1) is 5.82 Å². The number of hydrogen-bond donors (Lipinski definition) is 3. The van der Waals surface area contributed by atoms with Gasteiger partial charge >= 0.3 is 0 Å². The number of benzene rings is 2. The molecule has 148 valence electrons. The fraction of sp³-hybridized carbons (Fsp3) is 0.348. The lowest BCUT2D eigenvalue weighted by Gasteiger charge is -2.32. The van der Waals surface area contributed by atoms with Crippen molar-refractivity contribution in [1.82, 2.24) is 5.32 Å². The molecule has 1 heterocycles. The van der Waals surface area contributed by atoms with Crippen molar-refractivity contribution < 1.29 is 19.0 Å². The third-order valence-corrected chi connectivity index (χ3v) is 5.50. The average molecular weight is 384 g/mol. The van der Waals surface area contributed by atoms with Gasteiger partial charge in [-0.3, -0.25) is 4.79 Å². The Hall–Kier alpha value is -2.50. The fourth-order valence-electron chi connectivity index (χ4n) is 3.62. The van der Waals surface area contributed by atoms with Gasteiger partial charge in [0.2, 0.25) is 0 Å². The number of amides is 1. The molecular formula is C23H30FN3O+2. The van der Waals surface area contributed by atoms with Crippen LogP contribution in [-0.4, -0.2) is 44.7 Å². The number of halogens is 1. The molecule has 0 radical (unpaired) electrons. The Morgan fingerprint density at radius 3 is 2.43 bits per heavy atom. The van der Waals surface area contributed by atoms with Crippen LogP contribution in [0.1, 0.15) is 18.1 Å². The third kappa shape index (κ3) is 6.01. The van der Waals surface area contributed by atoms with Crippen molar-refractivity contribution in [2.45, 2.75) is 19.5 Å². The second-order valence-electron chi connectivity index (χ2n) is 7.49. The molecule has 3 rings (SSSR count). The molecule has 2 aromatic carbocycles. The summed E-state index contributed by atoms with van der Waals surface area (Å²) in [6.45, 7) is 7.61. The normalized spacial score (nSPS) is 20.8. The first-order valence-corrected chi connectivity index (χ1v) is 10.0. The Balaban J connectivity index is 1.39. The number of quaternary nitrogens is 2. The molecule has 0 unspecified atom stereocenters. The Kier molecular flexibility index (Phi) is 7.34. The standard InChI is InChI=1S/C23H28FN3O/c1-19(23(28)25-18-21-9-11-22(24)12-10-21)27-16-14-26(15-17-27)13-5-8-20-6-3-2-4-7-20/h2-12,19H,13-18H2,1H3,(H,25,28)/p+2/b8-5+/t19-/m1/s1. The smallest absolute Gasteiger partial charge is 0.278 e. The number of rotatable bonds is 7. The summed E-state index contributed by atoms with van der Waals surface area (Å²) in [6, 6.07) is 16.5. The molecule has 4 nitrogen and oxygen atoms in total. The first kappa shape index (κ1) is 20.2. The number of hydrogen-bond acceptors (Lipinski definition) is 1. The molecule has 28 heavy (non-hydrogen) atoms. The molecule has 5 heteroatoms. The van der Waals surface area contributed by atoms with E-state index < -0.39 is 0 Å². The summed E-state index contributed by atoms with van der Waals surface area (Å²) in [5.74, 6) is -0.196. The van der Waals surface area contributed by atoms with E-state index in [0.29, 0.717) is 6.54 Å². The van der Waals surface area contributed by atoms with Crippen molar-refractivity contribution in [3.63, 3.8) is 0 Å². The van der Waals surface area contributed by atoms with E-state index in [1.54, 1.807) is 17.0 Å². The van der Waals surface area contributed by atoms with Crippen LogP contribution in [0.4, 0.5) is 4.39 Å². The molecule has 1 aliphatic heterocycles. The number of piperazine rings is 1. The Labute approximate surface area is 166 Å². The SMILES string of the molecule is C[C@H](C(=O)NCc1ccc(F)cc1)[NH+]1CC[NH+](C/C=C/c2ccccc2)CC1. The first-order valence-electron chi connectivity index (χ1n) is 10.0. The monoisotopic (exact) mass is 383 g/mol. The zero-order chi connectivity index (χ0) is 19.8. The van der Waals surface area contributed by atoms with Crippen LogP contribution in [0.5, 0.6) is 0 Å². The molecule has 0 aliphatic carbocycles. The summed E-state index contributed by atoms with van der Waals surface area (Å²) in [4.78, 5) is 15.4. The van der Waals surface area contributed by atoms with Crippen molar-refractivity contribution in [2.75, 3.05) is 32.7 Å². The highest BCUT2D eigenvalue weighted by Crippen LogP contribution is 2.02. The topological polar surface area (TPSA) is 38.0 Å². The molecule has 0 saturated carbocycles. The molecule has 2 aromatic rings. The van der Waals surface area contributed by atoms with Crippen LogP contribution in [-0.2, 0) is 11.3 Å². The zero-order valence-corrected chi connectivity index (χ0v) is 16.5. The Morgan fingerprint density at radius 2 is 1.75 bits per heavy atom. The molecule has 0 spiro atoms.